The molecule has 138 valence electrons. The zero-order valence-electron chi connectivity index (χ0n) is 14.6. The molecule has 2 N–H and O–H groups in total. The Morgan fingerprint density at radius 2 is 1.48 bits per heavy atom. The molecule has 0 saturated heterocycles. The predicted molar refractivity (Wildman–Crippen MR) is 101 cm³/mol. The molecule has 0 fully saturated rings. The molecule has 0 aliphatic heterocycles. The molecule has 6 heteroatoms. The summed E-state index contributed by atoms with van der Waals surface area (Å²) < 4.78 is 31.6. The molecule has 3 aromatic rings. The highest BCUT2D eigenvalue weighted by molar-refractivity contribution is 5.92. The maximum atomic E-state index is 13.2. The van der Waals surface area contributed by atoms with Gasteiger partial charge in [0, 0.05) is 23.1 Å². The molecule has 27 heavy (non-hydrogen) atoms. The van der Waals surface area contributed by atoms with Gasteiger partial charge in [0.25, 0.3) is 5.91 Å². The number of hydrogen-bond acceptors (Lipinski definition) is 3. The monoisotopic (exact) mass is 368 g/mol. The second kappa shape index (κ2) is 8.31. The van der Waals surface area contributed by atoms with Crippen molar-refractivity contribution in [3.05, 3.63) is 83.9 Å². The van der Waals surface area contributed by atoms with Crippen LogP contribution in [0.5, 0.6) is 5.75 Å². The van der Waals surface area contributed by atoms with Gasteiger partial charge in [0.05, 0.1) is 0 Å². The van der Waals surface area contributed by atoms with Crippen LogP contribution in [0.4, 0.5) is 25.8 Å². The summed E-state index contributed by atoms with van der Waals surface area (Å²) in [7, 11) is 0. The fourth-order valence-electron chi connectivity index (χ4n) is 2.36. The van der Waals surface area contributed by atoms with Gasteiger partial charge in [0.2, 0.25) is 0 Å². The first-order chi connectivity index (χ1) is 13.0. The molecule has 0 spiro atoms. The molecule has 0 heterocycles. The number of carbonyl (C=O) groups excluding carboxylic acids is 1. The van der Waals surface area contributed by atoms with Crippen molar-refractivity contribution in [2.45, 2.75) is 6.92 Å². The van der Waals surface area contributed by atoms with E-state index < -0.39 is 11.6 Å². The van der Waals surface area contributed by atoms with E-state index in [9.17, 15) is 13.6 Å². The minimum absolute atomic E-state index is 0.0993. The van der Waals surface area contributed by atoms with E-state index >= 15 is 0 Å². The van der Waals surface area contributed by atoms with Gasteiger partial charge in [-0.1, -0.05) is 17.7 Å². The van der Waals surface area contributed by atoms with Gasteiger partial charge in [-0.15, -0.1) is 0 Å². The summed E-state index contributed by atoms with van der Waals surface area (Å²) in [6.07, 6.45) is 0. The van der Waals surface area contributed by atoms with E-state index in [1.54, 1.807) is 36.4 Å². The lowest BCUT2D eigenvalue weighted by Gasteiger charge is -2.10. The first-order valence-corrected chi connectivity index (χ1v) is 8.31. The van der Waals surface area contributed by atoms with Gasteiger partial charge in [-0.25, -0.2) is 8.78 Å². The lowest BCUT2D eigenvalue weighted by atomic mass is 10.2. The van der Waals surface area contributed by atoms with Gasteiger partial charge in [-0.2, -0.15) is 0 Å². The van der Waals surface area contributed by atoms with Gasteiger partial charge in [0.15, 0.2) is 18.2 Å². The number of hydrogen-bond donors (Lipinski definition) is 2. The molecule has 4 nitrogen and oxygen atoms in total. The largest absolute Gasteiger partial charge is 0.484 e. The molecule has 3 rings (SSSR count). The molecular formula is C21H18F2N2O2. The third kappa shape index (κ3) is 5.28. The quantitative estimate of drug-likeness (QED) is 0.641. The van der Waals surface area contributed by atoms with Gasteiger partial charge in [-0.05, 0) is 55.5 Å². The van der Waals surface area contributed by atoms with Crippen LogP contribution in [0.25, 0.3) is 0 Å². The highest BCUT2D eigenvalue weighted by Gasteiger charge is 2.05. The summed E-state index contributed by atoms with van der Waals surface area (Å²) in [4.78, 5) is 12.0. The van der Waals surface area contributed by atoms with Crippen molar-refractivity contribution >= 4 is 23.0 Å². The fraction of sp³-hybridized carbons (Fsp3) is 0.0952. The molecule has 0 atom stereocenters. The highest BCUT2D eigenvalue weighted by Crippen LogP contribution is 2.20. The Hall–Kier alpha value is -3.41. The van der Waals surface area contributed by atoms with E-state index in [-0.39, 0.29) is 12.5 Å². The van der Waals surface area contributed by atoms with Gasteiger partial charge in [-0.3, -0.25) is 4.79 Å². The van der Waals surface area contributed by atoms with Crippen molar-refractivity contribution < 1.29 is 18.3 Å². The normalized spacial score (nSPS) is 10.3. The Labute approximate surface area is 155 Å². The zero-order chi connectivity index (χ0) is 19.2. The maximum absolute atomic E-state index is 13.2. The van der Waals surface area contributed by atoms with Crippen LogP contribution in [-0.2, 0) is 4.79 Å². The second-order valence-electron chi connectivity index (χ2n) is 5.98. The summed E-state index contributed by atoms with van der Waals surface area (Å²) >= 11 is 0. The van der Waals surface area contributed by atoms with Crippen molar-refractivity contribution in [2.24, 2.45) is 0 Å². The van der Waals surface area contributed by atoms with Crippen molar-refractivity contribution in [1.82, 2.24) is 0 Å². The van der Waals surface area contributed by atoms with Crippen molar-refractivity contribution in [3.63, 3.8) is 0 Å². The number of carbonyl (C=O) groups is 1. The fourth-order valence-corrected chi connectivity index (χ4v) is 2.36. The third-order valence-corrected chi connectivity index (χ3v) is 3.77. The molecular weight excluding hydrogens is 350 g/mol. The summed E-state index contributed by atoms with van der Waals surface area (Å²) in [5.41, 5.74) is 2.82. The number of ether oxygens (including phenoxy) is 1. The topological polar surface area (TPSA) is 50.4 Å². The molecule has 0 radical (unpaired) electrons. The Balaban J connectivity index is 1.52. The average Bonchev–Trinajstić information content (AvgIpc) is 2.66. The van der Waals surface area contributed by atoms with Crippen LogP contribution in [-0.4, -0.2) is 12.5 Å². The summed E-state index contributed by atoms with van der Waals surface area (Å²) in [5, 5.41) is 5.69. The summed E-state index contributed by atoms with van der Waals surface area (Å²) in [6, 6.07) is 17.8. The highest BCUT2D eigenvalue weighted by atomic mass is 19.2. The Bertz CT molecular complexity index is 926. The van der Waals surface area contributed by atoms with Crippen LogP contribution in [0.1, 0.15) is 5.56 Å². The lowest BCUT2D eigenvalue weighted by Crippen LogP contribution is -2.20. The number of anilines is 3. The Morgan fingerprint density at radius 1 is 0.852 bits per heavy atom. The van der Waals surface area contributed by atoms with Gasteiger partial charge >= 0.3 is 0 Å². The lowest BCUT2D eigenvalue weighted by molar-refractivity contribution is -0.118. The van der Waals surface area contributed by atoms with Crippen LogP contribution in [0, 0.1) is 18.6 Å². The van der Waals surface area contributed by atoms with E-state index in [0.29, 0.717) is 22.8 Å². The van der Waals surface area contributed by atoms with Crippen molar-refractivity contribution in [3.8, 4) is 5.75 Å². The second-order valence-corrected chi connectivity index (χ2v) is 5.98. The van der Waals surface area contributed by atoms with Crippen molar-refractivity contribution in [2.75, 3.05) is 17.2 Å². The third-order valence-electron chi connectivity index (χ3n) is 3.77. The molecule has 0 aliphatic rings. The molecule has 0 saturated carbocycles. The number of nitrogens with one attached hydrogen (secondary N) is 2. The number of halogens is 2. The standard InChI is InChI=1S/C21H18F2N2O2/c1-14-2-9-18(10-3-14)27-13-21(26)25-16-6-4-15(5-7-16)24-17-8-11-19(22)20(23)12-17/h2-12,24H,13H2,1H3,(H,25,26). The smallest absolute Gasteiger partial charge is 0.262 e. The van der Waals surface area contributed by atoms with E-state index in [1.165, 1.54) is 6.07 Å². The van der Waals surface area contributed by atoms with E-state index in [1.807, 2.05) is 19.1 Å². The van der Waals surface area contributed by atoms with Crippen LogP contribution in [0.2, 0.25) is 0 Å². The minimum atomic E-state index is -0.919. The predicted octanol–water partition coefficient (Wildman–Crippen LogP) is 5.03. The molecule has 3 aromatic carbocycles. The zero-order valence-corrected chi connectivity index (χ0v) is 14.6. The van der Waals surface area contributed by atoms with Gasteiger partial charge < -0.3 is 15.4 Å². The number of rotatable bonds is 6. The molecule has 0 bridgehead atoms. The maximum Gasteiger partial charge on any atom is 0.262 e. The molecule has 1 amide bonds. The van der Waals surface area contributed by atoms with Crippen LogP contribution >= 0.6 is 0 Å². The first-order valence-electron chi connectivity index (χ1n) is 8.31. The first kappa shape index (κ1) is 18.4. The minimum Gasteiger partial charge on any atom is -0.484 e. The summed E-state index contributed by atoms with van der Waals surface area (Å²) in [6.45, 7) is 1.87. The van der Waals surface area contributed by atoms with Crippen LogP contribution < -0.4 is 15.4 Å². The van der Waals surface area contributed by atoms with Gasteiger partial charge in [0.1, 0.15) is 5.75 Å². The van der Waals surface area contributed by atoms with Crippen LogP contribution in [0.3, 0.4) is 0 Å². The van der Waals surface area contributed by atoms with E-state index in [0.717, 1.165) is 17.7 Å². The van der Waals surface area contributed by atoms with E-state index in [2.05, 4.69) is 10.6 Å². The van der Waals surface area contributed by atoms with Crippen molar-refractivity contribution in [1.29, 1.82) is 0 Å². The number of benzene rings is 3. The van der Waals surface area contributed by atoms with Crippen LogP contribution in [0.15, 0.2) is 66.7 Å². The Kier molecular flexibility index (Phi) is 5.66. The number of aryl methyl sites for hydroxylation is 1. The molecule has 0 unspecified atom stereocenters. The number of amides is 1. The molecule has 0 aliphatic carbocycles. The molecule has 0 aromatic heterocycles. The van der Waals surface area contributed by atoms with E-state index in [4.69, 9.17) is 4.74 Å². The average molecular weight is 368 g/mol. The summed E-state index contributed by atoms with van der Waals surface area (Å²) in [5.74, 6) is -1.47. The SMILES string of the molecule is Cc1ccc(OCC(=O)Nc2ccc(Nc3ccc(F)c(F)c3)cc2)cc1. The Morgan fingerprint density at radius 3 is 2.15 bits per heavy atom.